The van der Waals surface area contributed by atoms with Crippen LogP contribution in [0.4, 0.5) is 10.1 Å². The zero-order valence-electron chi connectivity index (χ0n) is 9.22. The van der Waals surface area contributed by atoms with Crippen LogP contribution in [0.3, 0.4) is 0 Å². The van der Waals surface area contributed by atoms with Crippen LogP contribution in [-0.2, 0) is 0 Å². The van der Waals surface area contributed by atoms with Gasteiger partial charge in [-0.2, -0.15) is 0 Å². The fraction of sp³-hybridized carbons (Fsp3) is 0.500. The van der Waals surface area contributed by atoms with Crippen molar-refractivity contribution in [1.29, 1.82) is 0 Å². The third kappa shape index (κ3) is 3.03. The molecular weight excluding hydrogens is 264 g/mol. The van der Waals surface area contributed by atoms with Gasteiger partial charge in [-0.05, 0) is 25.0 Å². The van der Waals surface area contributed by atoms with Crippen molar-refractivity contribution in [2.45, 2.75) is 37.8 Å². The maximum Gasteiger partial charge on any atom is 0.160 e. The Morgan fingerprint density at radius 2 is 1.76 bits per heavy atom. The summed E-state index contributed by atoms with van der Waals surface area (Å²) >= 11 is 11.4. The molecule has 2 unspecified atom stereocenters. The van der Waals surface area contributed by atoms with E-state index in [1.165, 1.54) is 12.1 Å². The molecule has 1 saturated carbocycles. The van der Waals surface area contributed by atoms with E-state index in [1.54, 1.807) is 0 Å². The molecule has 1 aliphatic rings. The highest BCUT2D eigenvalue weighted by atomic mass is 35.5. The number of anilines is 1. The molecule has 2 N–H and O–H groups in total. The van der Waals surface area contributed by atoms with Crippen LogP contribution in [0.1, 0.15) is 25.7 Å². The summed E-state index contributed by atoms with van der Waals surface area (Å²) in [6.45, 7) is 0. The molecule has 17 heavy (non-hydrogen) atoms. The van der Waals surface area contributed by atoms with E-state index in [1.807, 2.05) is 0 Å². The monoisotopic (exact) mass is 277 g/mol. The third-order valence-corrected chi connectivity index (χ3v) is 3.62. The maximum atomic E-state index is 13.2. The van der Waals surface area contributed by atoms with Crippen molar-refractivity contribution >= 4 is 28.9 Å². The van der Waals surface area contributed by atoms with E-state index in [9.17, 15) is 9.50 Å². The van der Waals surface area contributed by atoms with Crippen molar-refractivity contribution in [3.05, 3.63) is 28.0 Å². The Bertz CT molecular complexity index is 390. The van der Waals surface area contributed by atoms with Gasteiger partial charge < -0.3 is 10.4 Å². The van der Waals surface area contributed by atoms with Gasteiger partial charge in [0, 0.05) is 5.69 Å². The van der Waals surface area contributed by atoms with Gasteiger partial charge in [0.2, 0.25) is 0 Å². The highest BCUT2D eigenvalue weighted by Gasteiger charge is 2.23. The number of benzene rings is 1. The maximum absolute atomic E-state index is 13.2. The summed E-state index contributed by atoms with van der Waals surface area (Å²) in [5, 5.41) is 13.0. The molecule has 2 atom stereocenters. The second kappa shape index (κ2) is 5.42. The molecule has 1 aliphatic carbocycles. The lowest BCUT2D eigenvalue weighted by Gasteiger charge is -2.29. The minimum Gasteiger partial charge on any atom is -0.391 e. The molecule has 1 fully saturated rings. The van der Waals surface area contributed by atoms with Gasteiger partial charge in [0.15, 0.2) is 5.82 Å². The number of halogens is 3. The Labute approximate surface area is 110 Å². The lowest BCUT2D eigenvalue weighted by Crippen LogP contribution is -2.36. The van der Waals surface area contributed by atoms with Crippen molar-refractivity contribution in [3.63, 3.8) is 0 Å². The molecule has 0 heterocycles. The molecule has 2 rings (SSSR count). The average Bonchev–Trinajstić information content (AvgIpc) is 2.29. The molecular formula is C12H14Cl2FNO. The molecule has 0 aromatic heterocycles. The van der Waals surface area contributed by atoms with Gasteiger partial charge in [-0.25, -0.2) is 4.39 Å². The predicted octanol–water partition coefficient (Wildman–Crippen LogP) is 3.85. The molecule has 2 nitrogen and oxygen atoms in total. The van der Waals surface area contributed by atoms with Gasteiger partial charge in [-0.1, -0.05) is 36.0 Å². The summed E-state index contributed by atoms with van der Waals surface area (Å²) in [6, 6.07) is 2.97. The number of hydrogen-bond acceptors (Lipinski definition) is 2. The lowest BCUT2D eigenvalue weighted by molar-refractivity contribution is 0.116. The Balaban J connectivity index is 2.12. The third-order valence-electron chi connectivity index (χ3n) is 3.07. The van der Waals surface area contributed by atoms with E-state index >= 15 is 0 Å². The van der Waals surface area contributed by atoms with Crippen molar-refractivity contribution in [3.8, 4) is 0 Å². The highest BCUT2D eigenvalue weighted by Crippen LogP contribution is 2.29. The summed E-state index contributed by atoms with van der Waals surface area (Å²) in [5.74, 6) is -0.608. The Morgan fingerprint density at radius 3 is 2.35 bits per heavy atom. The second-order valence-electron chi connectivity index (χ2n) is 4.36. The molecule has 0 saturated heterocycles. The normalized spacial score (nSPS) is 24.7. The van der Waals surface area contributed by atoms with Gasteiger partial charge in [-0.3, -0.25) is 0 Å². The first-order valence-corrected chi connectivity index (χ1v) is 6.42. The van der Waals surface area contributed by atoms with Crippen LogP contribution in [0.5, 0.6) is 0 Å². The quantitative estimate of drug-likeness (QED) is 0.805. The fourth-order valence-corrected chi connectivity index (χ4v) is 2.62. The topological polar surface area (TPSA) is 32.3 Å². The number of nitrogens with one attached hydrogen (secondary N) is 1. The molecule has 5 heteroatoms. The SMILES string of the molecule is OC1CCCCC1Nc1cc(Cl)c(F)c(Cl)c1. The summed E-state index contributed by atoms with van der Waals surface area (Å²) in [4.78, 5) is 0. The molecule has 0 aliphatic heterocycles. The molecule has 0 bridgehead atoms. The van der Waals surface area contributed by atoms with Crippen LogP contribution in [-0.4, -0.2) is 17.3 Å². The number of rotatable bonds is 2. The summed E-state index contributed by atoms with van der Waals surface area (Å²) in [7, 11) is 0. The Morgan fingerprint density at radius 1 is 1.18 bits per heavy atom. The predicted molar refractivity (Wildman–Crippen MR) is 68.3 cm³/mol. The molecule has 1 aromatic rings. The van der Waals surface area contributed by atoms with Crippen molar-refractivity contribution in [2.75, 3.05) is 5.32 Å². The first-order chi connectivity index (χ1) is 8.08. The molecule has 0 radical (unpaired) electrons. The molecule has 94 valence electrons. The van der Waals surface area contributed by atoms with Crippen molar-refractivity contribution in [2.24, 2.45) is 0 Å². The van der Waals surface area contributed by atoms with Crippen LogP contribution >= 0.6 is 23.2 Å². The smallest absolute Gasteiger partial charge is 0.160 e. The van der Waals surface area contributed by atoms with E-state index in [-0.39, 0.29) is 22.2 Å². The zero-order valence-corrected chi connectivity index (χ0v) is 10.7. The van der Waals surface area contributed by atoms with E-state index in [2.05, 4.69) is 5.32 Å². The minimum absolute atomic E-state index is 0.00898. The zero-order chi connectivity index (χ0) is 12.4. The van der Waals surface area contributed by atoms with Crippen LogP contribution < -0.4 is 5.32 Å². The van der Waals surface area contributed by atoms with Crippen molar-refractivity contribution < 1.29 is 9.50 Å². The average molecular weight is 278 g/mol. The summed E-state index contributed by atoms with van der Waals surface area (Å²) in [5.41, 5.74) is 0.646. The van der Waals surface area contributed by atoms with Gasteiger partial charge in [0.1, 0.15) is 0 Å². The van der Waals surface area contributed by atoms with E-state index < -0.39 is 5.82 Å². The van der Waals surface area contributed by atoms with Gasteiger partial charge in [0.25, 0.3) is 0 Å². The lowest BCUT2D eigenvalue weighted by atomic mass is 9.92. The van der Waals surface area contributed by atoms with E-state index in [0.29, 0.717) is 5.69 Å². The minimum atomic E-state index is -0.608. The fourth-order valence-electron chi connectivity index (χ4n) is 2.13. The number of aliphatic hydroxyl groups is 1. The molecule has 0 spiro atoms. The number of aliphatic hydroxyl groups excluding tert-OH is 1. The van der Waals surface area contributed by atoms with Crippen LogP contribution in [0.15, 0.2) is 12.1 Å². The van der Waals surface area contributed by atoms with Gasteiger partial charge >= 0.3 is 0 Å². The molecule has 0 amide bonds. The first-order valence-electron chi connectivity index (χ1n) is 5.67. The van der Waals surface area contributed by atoms with Crippen LogP contribution in [0, 0.1) is 5.82 Å². The van der Waals surface area contributed by atoms with E-state index in [0.717, 1.165) is 25.7 Å². The standard InChI is InChI=1S/C12H14Cl2FNO/c13-8-5-7(6-9(14)12(8)15)16-10-3-1-2-4-11(10)17/h5-6,10-11,16-17H,1-4H2. The van der Waals surface area contributed by atoms with E-state index in [4.69, 9.17) is 23.2 Å². The largest absolute Gasteiger partial charge is 0.391 e. The number of hydrogen-bond donors (Lipinski definition) is 2. The Hall–Kier alpha value is -0.510. The highest BCUT2D eigenvalue weighted by molar-refractivity contribution is 6.35. The Kier molecular flexibility index (Phi) is 4.13. The first kappa shape index (κ1) is 12.9. The van der Waals surface area contributed by atoms with Crippen molar-refractivity contribution in [1.82, 2.24) is 0 Å². The van der Waals surface area contributed by atoms with Gasteiger partial charge in [-0.15, -0.1) is 0 Å². The summed E-state index contributed by atoms with van der Waals surface area (Å²) in [6.07, 6.45) is 3.45. The second-order valence-corrected chi connectivity index (χ2v) is 5.17. The molecule has 1 aromatic carbocycles. The summed E-state index contributed by atoms with van der Waals surface area (Å²) < 4.78 is 13.2. The van der Waals surface area contributed by atoms with Crippen LogP contribution in [0.2, 0.25) is 10.0 Å². The van der Waals surface area contributed by atoms with Gasteiger partial charge in [0.05, 0.1) is 22.2 Å². The van der Waals surface area contributed by atoms with Crippen LogP contribution in [0.25, 0.3) is 0 Å².